The summed E-state index contributed by atoms with van der Waals surface area (Å²) in [6.07, 6.45) is 1.72. The van der Waals surface area contributed by atoms with Gasteiger partial charge in [0.05, 0.1) is 7.11 Å². The molecule has 2 heterocycles. The Morgan fingerprint density at radius 2 is 2.38 bits per heavy atom. The fourth-order valence-electron chi connectivity index (χ4n) is 1.09. The van der Waals surface area contributed by atoms with Crippen molar-refractivity contribution >= 4 is 11.5 Å². The standard InChI is InChI=1S/C8H7N3O2/c1-13-8(12)7-6-4-2-3-5-11(6)10-9-7/h2-5H,1H3. The second kappa shape index (κ2) is 2.85. The number of nitrogens with zero attached hydrogens (tertiary/aromatic N) is 3. The Morgan fingerprint density at radius 1 is 1.54 bits per heavy atom. The summed E-state index contributed by atoms with van der Waals surface area (Å²) >= 11 is 0. The molecule has 2 aromatic heterocycles. The van der Waals surface area contributed by atoms with Crippen molar-refractivity contribution in [2.24, 2.45) is 0 Å². The molecular weight excluding hydrogens is 170 g/mol. The Bertz CT molecular complexity index is 449. The zero-order valence-electron chi connectivity index (χ0n) is 6.97. The van der Waals surface area contributed by atoms with Gasteiger partial charge in [-0.1, -0.05) is 11.3 Å². The Labute approximate surface area is 73.9 Å². The Kier molecular flexibility index (Phi) is 1.70. The van der Waals surface area contributed by atoms with Gasteiger partial charge in [0.2, 0.25) is 0 Å². The molecule has 13 heavy (non-hydrogen) atoms. The van der Waals surface area contributed by atoms with E-state index in [9.17, 15) is 4.79 Å². The first kappa shape index (κ1) is 7.72. The molecule has 0 aliphatic rings. The van der Waals surface area contributed by atoms with Gasteiger partial charge in [-0.05, 0) is 12.1 Å². The van der Waals surface area contributed by atoms with Crippen LogP contribution >= 0.6 is 0 Å². The van der Waals surface area contributed by atoms with Crippen LogP contribution in [0.25, 0.3) is 5.52 Å². The van der Waals surface area contributed by atoms with Crippen molar-refractivity contribution in [3.63, 3.8) is 0 Å². The maximum atomic E-state index is 11.2. The Morgan fingerprint density at radius 3 is 3.15 bits per heavy atom. The minimum absolute atomic E-state index is 0.239. The lowest BCUT2D eigenvalue weighted by atomic mass is 10.3. The summed E-state index contributed by atoms with van der Waals surface area (Å²) in [6.45, 7) is 0. The highest BCUT2D eigenvalue weighted by molar-refractivity contribution is 5.94. The summed E-state index contributed by atoms with van der Waals surface area (Å²) in [4.78, 5) is 11.2. The third kappa shape index (κ3) is 1.14. The Hall–Kier alpha value is -1.91. The zero-order valence-corrected chi connectivity index (χ0v) is 6.97. The minimum Gasteiger partial charge on any atom is -0.464 e. The molecule has 0 unspecified atom stereocenters. The molecule has 0 aliphatic heterocycles. The van der Waals surface area contributed by atoms with E-state index in [4.69, 9.17) is 0 Å². The van der Waals surface area contributed by atoms with Crippen LogP contribution in [0.1, 0.15) is 10.5 Å². The summed E-state index contributed by atoms with van der Waals surface area (Å²) < 4.78 is 6.07. The first-order valence-electron chi connectivity index (χ1n) is 3.71. The van der Waals surface area contributed by atoms with E-state index < -0.39 is 5.97 Å². The van der Waals surface area contributed by atoms with Crippen LogP contribution in [-0.2, 0) is 4.74 Å². The van der Waals surface area contributed by atoms with Gasteiger partial charge >= 0.3 is 5.97 Å². The van der Waals surface area contributed by atoms with Crippen molar-refractivity contribution in [3.05, 3.63) is 30.1 Å². The molecule has 2 rings (SSSR count). The van der Waals surface area contributed by atoms with E-state index >= 15 is 0 Å². The van der Waals surface area contributed by atoms with Gasteiger partial charge in [0.15, 0.2) is 5.69 Å². The highest BCUT2D eigenvalue weighted by Gasteiger charge is 2.13. The number of aromatic nitrogens is 3. The summed E-state index contributed by atoms with van der Waals surface area (Å²) in [7, 11) is 1.32. The molecular formula is C8H7N3O2. The van der Waals surface area contributed by atoms with Gasteiger partial charge in [-0.25, -0.2) is 9.31 Å². The summed E-state index contributed by atoms with van der Waals surface area (Å²) in [5, 5.41) is 7.46. The molecule has 0 saturated carbocycles. The van der Waals surface area contributed by atoms with E-state index in [1.165, 1.54) is 11.6 Å². The average Bonchev–Trinajstić information content (AvgIpc) is 2.60. The number of ether oxygens (including phenoxy) is 1. The Balaban J connectivity index is 2.64. The smallest absolute Gasteiger partial charge is 0.360 e. The highest BCUT2D eigenvalue weighted by Crippen LogP contribution is 2.07. The summed E-state index contributed by atoms with van der Waals surface area (Å²) in [5.41, 5.74) is 0.887. The van der Waals surface area contributed by atoms with Gasteiger partial charge in [-0.15, -0.1) is 5.10 Å². The molecule has 0 aliphatic carbocycles. The lowest BCUT2D eigenvalue weighted by Gasteiger charge is -1.93. The van der Waals surface area contributed by atoms with Gasteiger partial charge < -0.3 is 4.74 Å². The fraction of sp³-hybridized carbons (Fsp3) is 0.125. The molecule has 0 N–H and O–H groups in total. The molecule has 5 heteroatoms. The number of fused-ring (bicyclic) bond motifs is 1. The SMILES string of the molecule is COC(=O)c1nnn2ccccc12. The number of hydrogen-bond acceptors (Lipinski definition) is 4. The molecule has 2 aromatic rings. The third-order valence-electron chi connectivity index (χ3n) is 1.70. The van der Waals surface area contributed by atoms with Crippen molar-refractivity contribution in [2.75, 3.05) is 7.11 Å². The van der Waals surface area contributed by atoms with Gasteiger partial charge in [-0.2, -0.15) is 0 Å². The number of carbonyl (C=O) groups is 1. The van der Waals surface area contributed by atoms with Gasteiger partial charge in [0.1, 0.15) is 5.52 Å². The molecule has 66 valence electrons. The number of esters is 1. The minimum atomic E-state index is -0.471. The van der Waals surface area contributed by atoms with Crippen LogP contribution in [0, 0.1) is 0 Å². The van der Waals surface area contributed by atoms with E-state index in [1.807, 2.05) is 12.1 Å². The van der Waals surface area contributed by atoms with E-state index in [0.29, 0.717) is 5.52 Å². The van der Waals surface area contributed by atoms with Crippen LogP contribution in [0.15, 0.2) is 24.4 Å². The number of pyridine rings is 1. The van der Waals surface area contributed by atoms with E-state index in [-0.39, 0.29) is 5.69 Å². The van der Waals surface area contributed by atoms with Gasteiger partial charge in [-0.3, -0.25) is 0 Å². The second-order valence-electron chi connectivity index (χ2n) is 2.46. The van der Waals surface area contributed by atoms with Gasteiger partial charge in [0.25, 0.3) is 0 Å². The molecule has 0 amide bonds. The maximum Gasteiger partial charge on any atom is 0.360 e. The predicted octanol–water partition coefficient (Wildman–Crippen LogP) is 0.516. The normalized spacial score (nSPS) is 10.2. The topological polar surface area (TPSA) is 56.5 Å². The van der Waals surface area contributed by atoms with E-state index in [1.54, 1.807) is 12.3 Å². The molecule has 0 atom stereocenters. The van der Waals surface area contributed by atoms with E-state index in [2.05, 4.69) is 15.0 Å². The molecule has 0 fully saturated rings. The van der Waals surface area contributed by atoms with Crippen LogP contribution in [0.2, 0.25) is 0 Å². The molecule has 0 spiro atoms. The van der Waals surface area contributed by atoms with Gasteiger partial charge in [0, 0.05) is 6.20 Å². The van der Waals surface area contributed by atoms with Crippen LogP contribution in [-0.4, -0.2) is 27.9 Å². The van der Waals surface area contributed by atoms with Crippen LogP contribution in [0.3, 0.4) is 0 Å². The lowest BCUT2D eigenvalue weighted by Crippen LogP contribution is -2.02. The fourth-order valence-corrected chi connectivity index (χ4v) is 1.09. The van der Waals surface area contributed by atoms with Crippen molar-refractivity contribution in [1.29, 1.82) is 0 Å². The molecule has 5 nitrogen and oxygen atoms in total. The first-order chi connectivity index (χ1) is 6.33. The van der Waals surface area contributed by atoms with Crippen molar-refractivity contribution in [2.45, 2.75) is 0 Å². The summed E-state index contributed by atoms with van der Waals surface area (Å²) in [6, 6.07) is 5.38. The zero-order chi connectivity index (χ0) is 9.26. The number of carbonyl (C=O) groups excluding carboxylic acids is 1. The molecule has 0 aromatic carbocycles. The number of hydrogen-bond donors (Lipinski definition) is 0. The maximum absolute atomic E-state index is 11.2. The second-order valence-corrected chi connectivity index (χ2v) is 2.46. The van der Waals surface area contributed by atoms with Crippen LogP contribution in [0.5, 0.6) is 0 Å². The molecule has 0 radical (unpaired) electrons. The summed E-state index contributed by atoms with van der Waals surface area (Å²) in [5.74, 6) is -0.471. The average molecular weight is 177 g/mol. The third-order valence-corrected chi connectivity index (χ3v) is 1.70. The largest absolute Gasteiger partial charge is 0.464 e. The number of rotatable bonds is 1. The van der Waals surface area contributed by atoms with Crippen molar-refractivity contribution < 1.29 is 9.53 Å². The molecule has 0 saturated heterocycles. The van der Waals surface area contributed by atoms with Crippen LogP contribution < -0.4 is 0 Å². The van der Waals surface area contributed by atoms with Crippen LogP contribution in [0.4, 0.5) is 0 Å². The monoisotopic (exact) mass is 177 g/mol. The van der Waals surface area contributed by atoms with E-state index in [0.717, 1.165) is 0 Å². The predicted molar refractivity (Wildman–Crippen MR) is 44.3 cm³/mol. The van der Waals surface area contributed by atoms with Crippen molar-refractivity contribution in [1.82, 2.24) is 14.8 Å². The molecule has 0 bridgehead atoms. The lowest BCUT2D eigenvalue weighted by molar-refractivity contribution is 0.0596. The first-order valence-corrected chi connectivity index (χ1v) is 3.71. The quantitative estimate of drug-likeness (QED) is 0.596. The highest BCUT2D eigenvalue weighted by atomic mass is 16.5. The van der Waals surface area contributed by atoms with Crippen molar-refractivity contribution in [3.8, 4) is 0 Å². The number of methoxy groups -OCH3 is 1.